The molecule has 116 valence electrons. The van der Waals surface area contributed by atoms with Crippen LogP contribution in [0.4, 0.5) is 5.69 Å². The normalized spacial score (nSPS) is 15.3. The molecule has 0 fully saturated rings. The Kier molecular flexibility index (Phi) is 3.11. The van der Waals surface area contributed by atoms with E-state index in [0.717, 1.165) is 22.6 Å². The van der Waals surface area contributed by atoms with Gasteiger partial charge >= 0.3 is 0 Å². The second-order valence-corrected chi connectivity index (χ2v) is 5.15. The van der Waals surface area contributed by atoms with E-state index in [1.54, 1.807) is 18.9 Å². The maximum absolute atomic E-state index is 5.39. The van der Waals surface area contributed by atoms with E-state index in [2.05, 4.69) is 20.8 Å². The first-order chi connectivity index (χ1) is 11.3. The summed E-state index contributed by atoms with van der Waals surface area (Å²) in [6, 6.07) is 13.7. The van der Waals surface area contributed by atoms with E-state index < -0.39 is 0 Å². The lowest BCUT2D eigenvalue weighted by atomic mass is 10.1. The van der Waals surface area contributed by atoms with Gasteiger partial charge in [-0.15, -0.1) is 5.10 Å². The average molecular weight is 309 g/mol. The Morgan fingerprint density at radius 3 is 2.70 bits per heavy atom. The monoisotopic (exact) mass is 309 g/mol. The Bertz CT molecular complexity index is 861. The highest BCUT2D eigenvalue weighted by Crippen LogP contribution is 2.38. The number of hydrogen-bond acceptors (Lipinski definition) is 6. The summed E-state index contributed by atoms with van der Waals surface area (Å²) >= 11 is 0. The van der Waals surface area contributed by atoms with Gasteiger partial charge in [0.2, 0.25) is 0 Å². The minimum atomic E-state index is -0.213. The lowest BCUT2D eigenvalue weighted by molar-refractivity contribution is 0.354. The van der Waals surface area contributed by atoms with Crippen LogP contribution in [-0.2, 0) is 0 Å². The van der Waals surface area contributed by atoms with Gasteiger partial charge in [0.25, 0.3) is 0 Å². The molecule has 1 aliphatic heterocycles. The fourth-order valence-electron chi connectivity index (χ4n) is 2.80. The molecule has 0 unspecified atom stereocenters. The summed E-state index contributed by atoms with van der Waals surface area (Å²) in [6.07, 6.45) is -0.213. The van der Waals surface area contributed by atoms with Crippen molar-refractivity contribution >= 4 is 5.69 Å². The number of aromatic nitrogens is 4. The van der Waals surface area contributed by atoms with Gasteiger partial charge in [0.15, 0.2) is 23.5 Å². The number of hydrogen-bond donors (Lipinski definition) is 1. The molecule has 1 atom stereocenters. The highest BCUT2D eigenvalue weighted by atomic mass is 16.5. The molecule has 4 rings (SSSR count). The molecule has 0 radical (unpaired) electrons. The van der Waals surface area contributed by atoms with Crippen molar-refractivity contribution in [1.82, 2.24) is 20.2 Å². The number of nitrogens with one attached hydrogen (secondary N) is 1. The predicted octanol–water partition coefficient (Wildman–Crippen LogP) is 2.33. The van der Waals surface area contributed by atoms with Crippen molar-refractivity contribution in [2.24, 2.45) is 0 Å². The van der Waals surface area contributed by atoms with Crippen molar-refractivity contribution in [3.05, 3.63) is 48.0 Å². The van der Waals surface area contributed by atoms with E-state index in [0.29, 0.717) is 11.5 Å². The number of para-hydroxylation sites is 1. The highest BCUT2D eigenvalue weighted by molar-refractivity contribution is 5.76. The minimum absolute atomic E-state index is 0.213. The number of anilines is 1. The van der Waals surface area contributed by atoms with E-state index in [-0.39, 0.29) is 6.17 Å². The van der Waals surface area contributed by atoms with E-state index in [1.807, 2.05) is 42.5 Å². The minimum Gasteiger partial charge on any atom is -0.493 e. The molecular weight excluding hydrogens is 294 g/mol. The fraction of sp³-hybridized carbons (Fsp3) is 0.188. The molecule has 1 aromatic heterocycles. The number of nitrogens with zero attached hydrogens (tertiary/aromatic N) is 4. The molecule has 0 spiro atoms. The van der Waals surface area contributed by atoms with Crippen molar-refractivity contribution in [2.45, 2.75) is 6.17 Å². The zero-order valence-corrected chi connectivity index (χ0v) is 12.7. The van der Waals surface area contributed by atoms with Crippen molar-refractivity contribution in [1.29, 1.82) is 0 Å². The number of tetrazole rings is 1. The Morgan fingerprint density at radius 1 is 1.04 bits per heavy atom. The second-order valence-electron chi connectivity index (χ2n) is 5.15. The van der Waals surface area contributed by atoms with Gasteiger partial charge in [0.1, 0.15) is 0 Å². The maximum atomic E-state index is 5.39. The average Bonchev–Trinajstić information content (AvgIpc) is 3.10. The molecule has 0 saturated heterocycles. The summed E-state index contributed by atoms with van der Waals surface area (Å²) in [7, 11) is 3.24. The first kappa shape index (κ1) is 13.6. The summed E-state index contributed by atoms with van der Waals surface area (Å²) in [5.74, 6) is 2.09. The first-order valence-electron chi connectivity index (χ1n) is 7.17. The van der Waals surface area contributed by atoms with Crippen molar-refractivity contribution in [2.75, 3.05) is 19.5 Å². The molecule has 0 bridgehead atoms. The number of benzene rings is 2. The molecule has 0 saturated carbocycles. The van der Waals surface area contributed by atoms with Crippen LogP contribution in [0.15, 0.2) is 42.5 Å². The van der Waals surface area contributed by atoms with E-state index >= 15 is 0 Å². The molecular formula is C16H15N5O2. The third kappa shape index (κ3) is 2.09. The van der Waals surface area contributed by atoms with E-state index in [4.69, 9.17) is 9.47 Å². The zero-order valence-electron chi connectivity index (χ0n) is 12.7. The van der Waals surface area contributed by atoms with Crippen LogP contribution in [0.3, 0.4) is 0 Å². The lowest BCUT2D eigenvalue weighted by Gasteiger charge is -2.27. The van der Waals surface area contributed by atoms with Gasteiger partial charge in [0.05, 0.1) is 14.2 Å². The summed E-state index contributed by atoms with van der Waals surface area (Å²) in [5, 5.41) is 15.6. The molecule has 2 aromatic carbocycles. The van der Waals surface area contributed by atoms with Crippen LogP contribution in [0.5, 0.6) is 11.5 Å². The second kappa shape index (κ2) is 5.28. The van der Waals surface area contributed by atoms with Crippen molar-refractivity contribution < 1.29 is 9.47 Å². The van der Waals surface area contributed by atoms with Crippen molar-refractivity contribution in [3.8, 4) is 22.9 Å². The van der Waals surface area contributed by atoms with Gasteiger partial charge < -0.3 is 14.8 Å². The lowest BCUT2D eigenvalue weighted by Crippen LogP contribution is -2.25. The number of ether oxygens (including phenoxy) is 2. The molecule has 1 aliphatic rings. The predicted molar refractivity (Wildman–Crippen MR) is 84.6 cm³/mol. The van der Waals surface area contributed by atoms with Crippen LogP contribution in [0.25, 0.3) is 11.4 Å². The smallest absolute Gasteiger partial charge is 0.186 e. The number of fused-ring (bicyclic) bond motifs is 3. The van der Waals surface area contributed by atoms with Gasteiger partial charge in [-0.05, 0) is 34.7 Å². The molecule has 2 heterocycles. The van der Waals surface area contributed by atoms with Gasteiger partial charge in [-0.25, -0.2) is 0 Å². The summed E-state index contributed by atoms with van der Waals surface area (Å²) in [4.78, 5) is 0. The summed E-state index contributed by atoms with van der Waals surface area (Å²) in [6.45, 7) is 0. The number of methoxy groups -OCH3 is 2. The third-order valence-corrected chi connectivity index (χ3v) is 3.92. The van der Waals surface area contributed by atoms with Gasteiger partial charge in [0, 0.05) is 16.8 Å². The molecule has 7 nitrogen and oxygen atoms in total. The van der Waals surface area contributed by atoms with Gasteiger partial charge in [-0.3, -0.25) is 0 Å². The fourth-order valence-corrected chi connectivity index (χ4v) is 2.80. The van der Waals surface area contributed by atoms with Crippen LogP contribution in [-0.4, -0.2) is 34.4 Å². The zero-order chi connectivity index (χ0) is 15.8. The molecule has 7 heteroatoms. The third-order valence-electron chi connectivity index (χ3n) is 3.92. The van der Waals surface area contributed by atoms with Gasteiger partial charge in [-0.2, -0.15) is 4.68 Å². The topological polar surface area (TPSA) is 74.1 Å². The van der Waals surface area contributed by atoms with E-state index in [9.17, 15) is 0 Å². The molecule has 0 aliphatic carbocycles. The quantitative estimate of drug-likeness (QED) is 0.800. The maximum Gasteiger partial charge on any atom is 0.186 e. The Labute approximate surface area is 132 Å². The molecule has 1 N–H and O–H groups in total. The Balaban J connectivity index is 1.83. The van der Waals surface area contributed by atoms with Gasteiger partial charge in [-0.1, -0.05) is 18.2 Å². The molecule has 0 amide bonds. The standard InChI is InChI=1S/C16H15N5O2/c1-22-13-8-7-10(9-14(13)23-2)15-17-12-6-4-3-5-11(12)16-18-19-20-21(15)16/h3-9,15,17H,1-2H3/t15-/m0/s1. The first-order valence-corrected chi connectivity index (χ1v) is 7.17. The van der Waals surface area contributed by atoms with Crippen LogP contribution in [0.2, 0.25) is 0 Å². The van der Waals surface area contributed by atoms with Crippen LogP contribution in [0.1, 0.15) is 11.7 Å². The Morgan fingerprint density at radius 2 is 1.87 bits per heavy atom. The van der Waals surface area contributed by atoms with Crippen LogP contribution in [0, 0.1) is 0 Å². The van der Waals surface area contributed by atoms with Crippen LogP contribution >= 0.6 is 0 Å². The van der Waals surface area contributed by atoms with Crippen LogP contribution < -0.4 is 14.8 Å². The number of rotatable bonds is 3. The molecule has 3 aromatic rings. The largest absolute Gasteiger partial charge is 0.493 e. The van der Waals surface area contributed by atoms with E-state index in [1.165, 1.54) is 0 Å². The van der Waals surface area contributed by atoms with Crippen molar-refractivity contribution in [3.63, 3.8) is 0 Å². The summed E-state index contributed by atoms with van der Waals surface area (Å²) < 4.78 is 12.5. The summed E-state index contributed by atoms with van der Waals surface area (Å²) in [5.41, 5.74) is 2.95. The molecule has 23 heavy (non-hydrogen) atoms. The highest BCUT2D eigenvalue weighted by Gasteiger charge is 2.27. The Hall–Kier alpha value is -3.09. The SMILES string of the molecule is COc1ccc([C@H]2Nc3ccccc3-c3nnnn32)cc1OC.